The third-order valence-electron chi connectivity index (χ3n) is 3.80. The summed E-state index contributed by atoms with van der Waals surface area (Å²) >= 11 is 0. The van der Waals surface area contributed by atoms with Gasteiger partial charge in [-0.2, -0.15) is 0 Å². The standard InChI is InChI=1S/C18H27NO5/c20-17(13-19-8-11-22-12-9-19)15-23-10-4-7-18(21)24-14-16-5-2-1-3-6-16/h1-3,5-6,17,20H,4,7-15H2. The van der Waals surface area contributed by atoms with Crippen LogP contribution in [0.15, 0.2) is 30.3 Å². The summed E-state index contributed by atoms with van der Waals surface area (Å²) in [4.78, 5) is 13.8. The second-order valence-electron chi connectivity index (χ2n) is 5.89. The fourth-order valence-corrected chi connectivity index (χ4v) is 2.48. The minimum absolute atomic E-state index is 0.226. The molecule has 1 aliphatic heterocycles. The van der Waals surface area contributed by atoms with Crippen molar-refractivity contribution < 1.29 is 24.1 Å². The lowest BCUT2D eigenvalue weighted by Gasteiger charge is -2.28. The molecule has 0 aromatic heterocycles. The number of β-amino-alcohol motifs (C(OH)–C–C–N with tert-alkyl or cyclic N) is 1. The van der Waals surface area contributed by atoms with Crippen molar-refractivity contribution >= 4 is 5.97 Å². The van der Waals surface area contributed by atoms with Crippen molar-refractivity contribution in [2.75, 3.05) is 46.1 Å². The third kappa shape index (κ3) is 7.88. The zero-order valence-electron chi connectivity index (χ0n) is 14.1. The minimum atomic E-state index is -0.506. The molecule has 134 valence electrons. The van der Waals surface area contributed by atoms with Gasteiger partial charge in [-0.3, -0.25) is 9.69 Å². The Kier molecular flexibility index (Phi) is 8.76. The molecular weight excluding hydrogens is 310 g/mol. The zero-order chi connectivity index (χ0) is 17.0. The summed E-state index contributed by atoms with van der Waals surface area (Å²) in [5.41, 5.74) is 0.980. The zero-order valence-corrected chi connectivity index (χ0v) is 14.1. The van der Waals surface area contributed by atoms with Gasteiger partial charge < -0.3 is 19.3 Å². The highest BCUT2D eigenvalue weighted by Gasteiger charge is 2.14. The van der Waals surface area contributed by atoms with Crippen LogP contribution in [0.2, 0.25) is 0 Å². The van der Waals surface area contributed by atoms with Crippen molar-refractivity contribution in [3.8, 4) is 0 Å². The lowest BCUT2D eigenvalue weighted by molar-refractivity contribution is -0.145. The molecule has 0 aliphatic carbocycles. The van der Waals surface area contributed by atoms with Gasteiger partial charge in [-0.25, -0.2) is 0 Å². The number of benzene rings is 1. The molecule has 1 saturated heterocycles. The number of rotatable bonds is 10. The van der Waals surface area contributed by atoms with Crippen LogP contribution in [0.3, 0.4) is 0 Å². The Hall–Kier alpha value is -1.47. The van der Waals surface area contributed by atoms with Gasteiger partial charge >= 0.3 is 5.97 Å². The highest BCUT2D eigenvalue weighted by molar-refractivity contribution is 5.69. The van der Waals surface area contributed by atoms with Gasteiger partial charge in [0.2, 0.25) is 0 Å². The predicted molar refractivity (Wildman–Crippen MR) is 89.6 cm³/mol. The Bertz CT molecular complexity index is 462. The monoisotopic (exact) mass is 337 g/mol. The van der Waals surface area contributed by atoms with Crippen LogP contribution in [0, 0.1) is 0 Å². The number of esters is 1. The molecule has 0 radical (unpaired) electrons. The average molecular weight is 337 g/mol. The SMILES string of the molecule is O=C(CCCOCC(O)CN1CCOCC1)OCc1ccccc1. The molecule has 2 rings (SSSR count). The second-order valence-corrected chi connectivity index (χ2v) is 5.89. The van der Waals surface area contributed by atoms with E-state index in [1.807, 2.05) is 30.3 Å². The first-order valence-electron chi connectivity index (χ1n) is 8.49. The lowest BCUT2D eigenvalue weighted by atomic mass is 10.2. The molecule has 0 bridgehead atoms. The Morgan fingerprint density at radius 3 is 2.75 bits per heavy atom. The molecule has 1 N–H and O–H groups in total. The van der Waals surface area contributed by atoms with Crippen LogP contribution in [0.5, 0.6) is 0 Å². The predicted octanol–water partition coefficient (Wildman–Crippen LogP) is 1.22. The van der Waals surface area contributed by atoms with Gasteiger partial charge in [-0.15, -0.1) is 0 Å². The minimum Gasteiger partial charge on any atom is -0.461 e. The fourth-order valence-electron chi connectivity index (χ4n) is 2.48. The number of aliphatic hydroxyl groups excluding tert-OH is 1. The average Bonchev–Trinajstić information content (AvgIpc) is 2.61. The van der Waals surface area contributed by atoms with Gasteiger partial charge in [0.1, 0.15) is 6.61 Å². The Balaban J connectivity index is 1.46. The van der Waals surface area contributed by atoms with E-state index in [0.717, 1.165) is 31.9 Å². The first-order valence-corrected chi connectivity index (χ1v) is 8.49. The summed E-state index contributed by atoms with van der Waals surface area (Å²) in [6, 6.07) is 9.60. The van der Waals surface area contributed by atoms with E-state index in [2.05, 4.69) is 4.90 Å². The van der Waals surface area contributed by atoms with Gasteiger partial charge in [0, 0.05) is 32.7 Å². The summed E-state index contributed by atoms with van der Waals surface area (Å²) < 4.78 is 15.9. The summed E-state index contributed by atoms with van der Waals surface area (Å²) in [5, 5.41) is 9.92. The number of ether oxygens (including phenoxy) is 3. The van der Waals surface area contributed by atoms with Crippen LogP contribution in [0.25, 0.3) is 0 Å². The molecule has 6 heteroatoms. The van der Waals surface area contributed by atoms with Crippen LogP contribution in [0.1, 0.15) is 18.4 Å². The normalized spacial score (nSPS) is 16.7. The molecule has 1 atom stereocenters. The van der Waals surface area contributed by atoms with Crippen LogP contribution in [0.4, 0.5) is 0 Å². The van der Waals surface area contributed by atoms with Crippen molar-refractivity contribution in [3.63, 3.8) is 0 Å². The molecule has 0 spiro atoms. The van der Waals surface area contributed by atoms with Gasteiger partial charge in [0.05, 0.1) is 25.9 Å². The fraction of sp³-hybridized carbons (Fsp3) is 0.611. The Morgan fingerprint density at radius 2 is 2.00 bits per heavy atom. The van der Waals surface area contributed by atoms with Gasteiger partial charge in [-0.1, -0.05) is 30.3 Å². The van der Waals surface area contributed by atoms with E-state index in [9.17, 15) is 9.90 Å². The number of hydrogen-bond donors (Lipinski definition) is 1. The maximum Gasteiger partial charge on any atom is 0.306 e. The highest BCUT2D eigenvalue weighted by Crippen LogP contribution is 2.03. The van der Waals surface area contributed by atoms with E-state index in [0.29, 0.717) is 32.6 Å². The summed E-state index contributed by atoms with van der Waals surface area (Å²) in [7, 11) is 0. The van der Waals surface area contributed by atoms with E-state index in [1.54, 1.807) is 0 Å². The molecule has 1 heterocycles. The number of hydrogen-bond acceptors (Lipinski definition) is 6. The van der Waals surface area contributed by atoms with Crippen LogP contribution < -0.4 is 0 Å². The van der Waals surface area contributed by atoms with Crippen molar-refractivity contribution in [3.05, 3.63) is 35.9 Å². The molecule has 24 heavy (non-hydrogen) atoms. The third-order valence-corrected chi connectivity index (χ3v) is 3.80. The number of morpholine rings is 1. The van der Waals surface area contributed by atoms with Gasteiger partial charge in [-0.05, 0) is 12.0 Å². The smallest absolute Gasteiger partial charge is 0.306 e. The maximum absolute atomic E-state index is 11.6. The first kappa shape index (κ1) is 18.9. The van der Waals surface area contributed by atoms with E-state index in [-0.39, 0.29) is 12.6 Å². The summed E-state index contributed by atoms with van der Waals surface area (Å²) in [6.07, 6.45) is 0.415. The number of nitrogens with zero attached hydrogens (tertiary/aromatic N) is 1. The molecule has 1 aromatic carbocycles. The number of carbonyl (C=O) groups excluding carboxylic acids is 1. The Morgan fingerprint density at radius 1 is 1.25 bits per heavy atom. The van der Waals surface area contributed by atoms with Crippen molar-refractivity contribution in [2.45, 2.75) is 25.6 Å². The van der Waals surface area contributed by atoms with E-state index in [4.69, 9.17) is 14.2 Å². The van der Waals surface area contributed by atoms with Crippen molar-refractivity contribution in [1.29, 1.82) is 0 Å². The highest BCUT2D eigenvalue weighted by atomic mass is 16.5. The molecule has 1 unspecified atom stereocenters. The molecule has 0 saturated carbocycles. The van der Waals surface area contributed by atoms with Gasteiger partial charge in [0.25, 0.3) is 0 Å². The lowest BCUT2D eigenvalue weighted by Crippen LogP contribution is -2.42. The quantitative estimate of drug-likeness (QED) is 0.511. The van der Waals surface area contributed by atoms with Crippen molar-refractivity contribution in [2.24, 2.45) is 0 Å². The van der Waals surface area contributed by atoms with E-state index in [1.165, 1.54) is 0 Å². The maximum atomic E-state index is 11.6. The Labute approximate surface area is 143 Å². The second kappa shape index (κ2) is 11.1. The largest absolute Gasteiger partial charge is 0.461 e. The molecule has 1 aliphatic rings. The van der Waals surface area contributed by atoms with Gasteiger partial charge in [0.15, 0.2) is 0 Å². The van der Waals surface area contributed by atoms with Crippen LogP contribution in [-0.2, 0) is 25.6 Å². The molecule has 0 amide bonds. The molecule has 1 fully saturated rings. The summed E-state index contributed by atoms with van der Waals surface area (Å²) in [5.74, 6) is -0.226. The van der Waals surface area contributed by atoms with E-state index < -0.39 is 6.10 Å². The van der Waals surface area contributed by atoms with Crippen molar-refractivity contribution in [1.82, 2.24) is 4.90 Å². The van der Waals surface area contributed by atoms with Crippen LogP contribution >= 0.6 is 0 Å². The molecule has 6 nitrogen and oxygen atoms in total. The van der Waals surface area contributed by atoms with E-state index >= 15 is 0 Å². The summed E-state index contributed by atoms with van der Waals surface area (Å²) in [6.45, 7) is 4.78. The molecule has 1 aromatic rings. The van der Waals surface area contributed by atoms with Crippen LogP contribution in [-0.4, -0.2) is 68.1 Å². The topological polar surface area (TPSA) is 68.2 Å². The molecular formula is C18H27NO5. The number of carbonyl (C=O) groups is 1. The first-order chi connectivity index (χ1) is 11.7. The number of aliphatic hydroxyl groups is 1.